The van der Waals surface area contributed by atoms with E-state index < -0.39 is 0 Å². The van der Waals surface area contributed by atoms with Crippen LogP contribution < -0.4 is 0 Å². The molecule has 0 radical (unpaired) electrons. The van der Waals surface area contributed by atoms with E-state index in [1.54, 1.807) is 17.4 Å². The van der Waals surface area contributed by atoms with Gasteiger partial charge in [-0.25, -0.2) is 4.98 Å². The second-order valence-corrected chi connectivity index (χ2v) is 4.91. The normalized spacial score (nSPS) is 11.0. The lowest BCUT2D eigenvalue weighted by Crippen LogP contribution is -1.74. The van der Waals surface area contributed by atoms with E-state index in [2.05, 4.69) is 20.9 Å². The maximum Gasteiger partial charge on any atom is 0.104 e. The zero-order chi connectivity index (χ0) is 9.42. The van der Waals surface area contributed by atoms with Crippen LogP contribution in [0.1, 0.15) is 5.01 Å². The number of aromatic nitrogens is 1. The number of thiazole rings is 1. The SMILES string of the molecule is Clc1ccc2sc(CBr)nc2c1Cl. The molecule has 2 aromatic rings. The molecule has 1 aromatic carbocycles. The monoisotopic (exact) mass is 295 g/mol. The van der Waals surface area contributed by atoms with Crippen LogP contribution in [0.15, 0.2) is 12.1 Å². The standard InChI is InChI=1S/C8H4BrCl2NS/c9-3-6-12-8-5(13-6)2-1-4(10)7(8)11/h1-2H,3H2. The number of hydrogen-bond acceptors (Lipinski definition) is 2. The van der Waals surface area contributed by atoms with Crippen LogP contribution in [0.3, 0.4) is 0 Å². The van der Waals surface area contributed by atoms with Gasteiger partial charge in [0, 0.05) is 0 Å². The van der Waals surface area contributed by atoms with Crippen molar-refractivity contribution in [2.24, 2.45) is 0 Å². The second-order valence-electron chi connectivity index (χ2n) is 2.45. The minimum Gasteiger partial charge on any atom is -0.239 e. The molecule has 5 heteroatoms. The average Bonchev–Trinajstić information content (AvgIpc) is 2.55. The number of hydrogen-bond donors (Lipinski definition) is 0. The number of nitrogens with zero attached hydrogens (tertiary/aromatic N) is 1. The van der Waals surface area contributed by atoms with Crippen LogP contribution in [-0.4, -0.2) is 4.98 Å². The van der Waals surface area contributed by atoms with E-state index in [0.717, 1.165) is 20.6 Å². The molecule has 0 saturated heterocycles. The van der Waals surface area contributed by atoms with Gasteiger partial charge in [0.25, 0.3) is 0 Å². The Morgan fingerprint density at radius 2 is 2.15 bits per heavy atom. The smallest absolute Gasteiger partial charge is 0.104 e. The molecule has 0 N–H and O–H groups in total. The summed E-state index contributed by atoms with van der Waals surface area (Å²) in [5.41, 5.74) is 0.800. The highest BCUT2D eigenvalue weighted by Crippen LogP contribution is 2.33. The Morgan fingerprint density at radius 3 is 2.85 bits per heavy atom. The molecule has 13 heavy (non-hydrogen) atoms. The Hall–Kier alpha value is 0.170. The van der Waals surface area contributed by atoms with Gasteiger partial charge >= 0.3 is 0 Å². The minimum absolute atomic E-state index is 0.544. The summed E-state index contributed by atoms with van der Waals surface area (Å²) in [6.45, 7) is 0. The molecule has 1 nitrogen and oxygen atoms in total. The van der Waals surface area contributed by atoms with Gasteiger partial charge in [0.15, 0.2) is 0 Å². The molecular formula is C8H4BrCl2NS. The highest BCUT2D eigenvalue weighted by atomic mass is 79.9. The molecule has 1 heterocycles. The lowest BCUT2D eigenvalue weighted by molar-refractivity contribution is 1.32. The van der Waals surface area contributed by atoms with E-state index in [0.29, 0.717) is 10.0 Å². The molecule has 1 aromatic heterocycles. The number of rotatable bonds is 1. The summed E-state index contributed by atoms with van der Waals surface area (Å²) in [7, 11) is 0. The first-order chi connectivity index (χ1) is 6.22. The summed E-state index contributed by atoms with van der Waals surface area (Å²) in [5.74, 6) is 0. The minimum atomic E-state index is 0.544. The first kappa shape index (κ1) is 9.71. The van der Waals surface area contributed by atoms with Crippen LogP contribution in [0.4, 0.5) is 0 Å². The van der Waals surface area contributed by atoms with Gasteiger partial charge < -0.3 is 0 Å². The maximum atomic E-state index is 5.99. The van der Waals surface area contributed by atoms with Crippen molar-refractivity contribution in [3.8, 4) is 0 Å². The molecule has 0 saturated carbocycles. The molecule has 0 aliphatic carbocycles. The predicted molar refractivity (Wildman–Crippen MR) is 62.3 cm³/mol. The first-order valence-corrected chi connectivity index (χ1v) is 6.21. The summed E-state index contributed by atoms with van der Waals surface area (Å²) < 4.78 is 1.07. The molecule has 0 aliphatic rings. The molecule has 0 spiro atoms. The van der Waals surface area contributed by atoms with Gasteiger partial charge in [0.05, 0.1) is 20.1 Å². The van der Waals surface area contributed by atoms with Gasteiger partial charge in [-0.3, -0.25) is 0 Å². The summed E-state index contributed by atoms with van der Waals surface area (Å²) in [6.07, 6.45) is 0. The van der Waals surface area contributed by atoms with Crippen LogP contribution in [0, 0.1) is 0 Å². The molecule has 0 bridgehead atoms. The third-order valence-corrected chi connectivity index (χ3v) is 4.33. The summed E-state index contributed by atoms with van der Waals surface area (Å²) >= 11 is 16.8. The van der Waals surface area contributed by atoms with Crippen molar-refractivity contribution in [2.75, 3.05) is 0 Å². The van der Waals surface area contributed by atoms with Crippen LogP contribution >= 0.6 is 50.5 Å². The number of halogens is 3. The van der Waals surface area contributed by atoms with Gasteiger partial charge in [-0.15, -0.1) is 11.3 Å². The predicted octanol–water partition coefficient (Wildman–Crippen LogP) is 4.50. The van der Waals surface area contributed by atoms with E-state index in [-0.39, 0.29) is 0 Å². The Bertz CT molecular complexity index is 455. The average molecular weight is 297 g/mol. The Morgan fingerprint density at radius 1 is 1.38 bits per heavy atom. The lowest BCUT2D eigenvalue weighted by atomic mass is 10.3. The molecule has 0 aliphatic heterocycles. The largest absolute Gasteiger partial charge is 0.239 e. The van der Waals surface area contributed by atoms with E-state index in [9.17, 15) is 0 Å². The van der Waals surface area contributed by atoms with Crippen LogP contribution in [0.5, 0.6) is 0 Å². The highest BCUT2D eigenvalue weighted by molar-refractivity contribution is 9.08. The number of benzene rings is 1. The van der Waals surface area contributed by atoms with Crippen molar-refractivity contribution in [2.45, 2.75) is 5.33 Å². The van der Waals surface area contributed by atoms with Crippen molar-refractivity contribution >= 4 is 60.7 Å². The summed E-state index contributed by atoms with van der Waals surface area (Å²) in [5, 5.41) is 2.86. The van der Waals surface area contributed by atoms with E-state index in [4.69, 9.17) is 23.2 Å². The van der Waals surface area contributed by atoms with E-state index >= 15 is 0 Å². The van der Waals surface area contributed by atoms with Crippen molar-refractivity contribution in [3.05, 3.63) is 27.2 Å². The Balaban J connectivity index is 2.76. The van der Waals surface area contributed by atoms with E-state index in [1.807, 2.05) is 6.07 Å². The fourth-order valence-corrected chi connectivity index (χ4v) is 2.75. The Kier molecular flexibility index (Phi) is 2.79. The molecule has 0 atom stereocenters. The molecular weight excluding hydrogens is 293 g/mol. The quantitative estimate of drug-likeness (QED) is 0.706. The first-order valence-electron chi connectivity index (χ1n) is 3.51. The van der Waals surface area contributed by atoms with Crippen molar-refractivity contribution in [1.29, 1.82) is 0 Å². The van der Waals surface area contributed by atoms with Crippen LogP contribution in [0.2, 0.25) is 10.0 Å². The topological polar surface area (TPSA) is 12.9 Å². The van der Waals surface area contributed by atoms with Crippen LogP contribution in [-0.2, 0) is 5.33 Å². The van der Waals surface area contributed by atoms with Crippen molar-refractivity contribution < 1.29 is 0 Å². The second kappa shape index (κ2) is 3.73. The zero-order valence-electron chi connectivity index (χ0n) is 6.35. The molecule has 0 amide bonds. The molecule has 2 rings (SSSR count). The third-order valence-electron chi connectivity index (χ3n) is 1.61. The zero-order valence-corrected chi connectivity index (χ0v) is 10.3. The summed E-state index contributed by atoms with van der Waals surface area (Å²) in [6, 6.07) is 3.73. The van der Waals surface area contributed by atoms with Gasteiger partial charge in [0.1, 0.15) is 10.5 Å². The van der Waals surface area contributed by atoms with Crippen molar-refractivity contribution in [3.63, 3.8) is 0 Å². The molecule has 0 fully saturated rings. The van der Waals surface area contributed by atoms with Gasteiger partial charge in [-0.05, 0) is 12.1 Å². The fraction of sp³-hybridized carbons (Fsp3) is 0.125. The maximum absolute atomic E-state index is 5.99. The third kappa shape index (κ3) is 1.71. The number of alkyl halides is 1. The van der Waals surface area contributed by atoms with Gasteiger partial charge in [0.2, 0.25) is 0 Å². The highest BCUT2D eigenvalue weighted by Gasteiger charge is 2.08. The van der Waals surface area contributed by atoms with Gasteiger partial charge in [-0.2, -0.15) is 0 Å². The van der Waals surface area contributed by atoms with Gasteiger partial charge in [-0.1, -0.05) is 39.1 Å². The van der Waals surface area contributed by atoms with Crippen LogP contribution in [0.25, 0.3) is 10.2 Å². The van der Waals surface area contributed by atoms with E-state index in [1.165, 1.54) is 0 Å². The lowest BCUT2D eigenvalue weighted by Gasteiger charge is -1.93. The Labute approximate surface area is 97.8 Å². The summed E-state index contributed by atoms with van der Waals surface area (Å²) in [4.78, 5) is 4.35. The molecule has 68 valence electrons. The van der Waals surface area contributed by atoms with Crippen molar-refractivity contribution in [1.82, 2.24) is 4.98 Å². The fourth-order valence-electron chi connectivity index (χ4n) is 1.04. The number of fused-ring (bicyclic) bond motifs is 1. The molecule has 0 unspecified atom stereocenters.